The van der Waals surface area contributed by atoms with Gasteiger partial charge in [0, 0.05) is 12.1 Å². The molecule has 0 atom stereocenters. The van der Waals surface area contributed by atoms with Crippen molar-refractivity contribution in [1.82, 2.24) is 9.97 Å². The van der Waals surface area contributed by atoms with Crippen molar-refractivity contribution in [3.05, 3.63) is 41.2 Å². The first-order chi connectivity index (χ1) is 10.7. The summed E-state index contributed by atoms with van der Waals surface area (Å²) in [6.45, 7) is 2.41. The summed E-state index contributed by atoms with van der Waals surface area (Å²) in [5, 5.41) is 2.78. The van der Waals surface area contributed by atoms with Gasteiger partial charge in [0.2, 0.25) is 0 Å². The van der Waals surface area contributed by atoms with Crippen molar-refractivity contribution >= 4 is 11.7 Å². The van der Waals surface area contributed by atoms with Crippen molar-refractivity contribution in [2.24, 2.45) is 5.73 Å². The molecule has 0 spiro atoms. The molecule has 1 amide bonds. The van der Waals surface area contributed by atoms with Crippen LogP contribution in [0.2, 0.25) is 0 Å². The van der Waals surface area contributed by atoms with Gasteiger partial charge in [-0.3, -0.25) is 4.79 Å². The number of nitrogens with two attached hydrogens (primary N) is 1. The van der Waals surface area contributed by atoms with Crippen LogP contribution in [0.25, 0.3) is 0 Å². The van der Waals surface area contributed by atoms with Crippen LogP contribution in [0.4, 0.5) is 5.82 Å². The number of hydrogen-bond donors (Lipinski definition) is 2. The van der Waals surface area contributed by atoms with Crippen molar-refractivity contribution in [2.75, 3.05) is 11.9 Å². The highest BCUT2D eigenvalue weighted by atomic mass is 16.4. The van der Waals surface area contributed by atoms with Gasteiger partial charge in [-0.05, 0) is 56.8 Å². The van der Waals surface area contributed by atoms with Gasteiger partial charge in [0.05, 0.1) is 0 Å². The number of hydrogen-bond acceptors (Lipinski definition) is 5. The molecule has 2 aromatic rings. The van der Waals surface area contributed by atoms with Gasteiger partial charge in [-0.2, -0.15) is 0 Å². The fourth-order valence-corrected chi connectivity index (χ4v) is 2.31. The van der Waals surface area contributed by atoms with Crippen LogP contribution in [0, 0.1) is 6.92 Å². The van der Waals surface area contributed by atoms with E-state index in [-0.39, 0.29) is 5.91 Å². The Morgan fingerprint density at radius 3 is 3.05 bits per heavy atom. The number of rotatable bonds is 6. The number of nitrogens with one attached hydrogen (secondary N) is 1. The zero-order valence-corrected chi connectivity index (χ0v) is 12.6. The lowest BCUT2D eigenvalue weighted by Crippen LogP contribution is -2.15. The number of amides is 1. The molecule has 2 heterocycles. The Kier molecular flexibility index (Phi) is 4.20. The number of nitrogens with zero attached hydrogens (tertiary/aromatic N) is 2. The van der Waals surface area contributed by atoms with Gasteiger partial charge in [-0.15, -0.1) is 0 Å². The first-order valence-corrected chi connectivity index (χ1v) is 7.61. The SMILES string of the molecule is Cc1oc(C2CC2)nc1C(=O)Nc1cc(CCCN)ccn1. The summed E-state index contributed by atoms with van der Waals surface area (Å²) in [5.74, 6) is 1.86. The standard InChI is InChI=1S/C16H20N4O2/c1-10-14(20-16(22-10)12-4-5-12)15(21)19-13-9-11(3-2-7-17)6-8-18-13/h6,8-9,12H,2-5,7,17H2,1H3,(H,18,19,21). The predicted octanol–water partition coefficient (Wildman–Crippen LogP) is 2.40. The second-order valence-corrected chi connectivity index (χ2v) is 5.63. The molecule has 6 nitrogen and oxygen atoms in total. The van der Waals surface area contributed by atoms with Crippen molar-refractivity contribution in [2.45, 2.75) is 38.5 Å². The molecular formula is C16H20N4O2. The first kappa shape index (κ1) is 14.7. The van der Waals surface area contributed by atoms with Crippen molar-refractivity contribution in [1.29, 1.82) is 0 Å². The van der Waals surface area contributed by atoms with E-state index in [0.29, 0.717) is 35.6 Å². The van der Waals surface area contributed by atoms with Gasteiger partial charge >= 0.3 is 0 Å². The summed E-state index contributed by atoms with van der Waals surface area (Å²) >= 11 is 0. The van der Waals surface area contributed by atoms with Crippen LogP contribution >= 0.6 is 0 Å². The number of oxazole rings is 1. The molecule has 3 N–H and O–H groups in total. The Bertz CT molecular complexity index is 677. The number of carbonyl (C=O) groups excluding carboxylic acids is 1. The Hall–Kier alpha value is -2.21. The minimum absolute atomic E-state index is 0.281. The summed E-state index contributed by atoms with van der Waals surface area (Å²) in [6, 6.07) is 3.79. The topological polar surface area (TPSA) is 94.0 Å². The molecule has 0 aliphatic heterocycles. The monoisotopic (exact) mass is 300 g/mol. The number of carbonyl (C=O) groups is 1. The number of aromatic nitrogens is 2. The van der Waals surface area contributed by atoms with Crippen LogP contribution in [0.3, 0.4) is 0 Å². The Morgan fingerprint density at radius 1 is 1.50 bits per heavy atom. The number of pyridine rings is 1. The van der Waals surface area contributed by atoms with Crippen LogP contribution in [0.1, 0.15) is 52.9 Å². The maximum atomic E-state index is 12.3. The predicted molar refractivity (Wildman–Crippen MR) is 82.8 cm³/mol. The number of anilines is 1. The lowest BCUT2D eigenvalue weighted by atomic mass is 10.1. The van der Waals surface area contributed by atoms with Crippen LogP contribution in [-0.4, -0.2) is 22.4 Å². The molecule has 22 heavy (non-hydrogen) atoms. The molecule has 0 unspecified atom stereocenters. The minimum Gasteiger partial charge on any atom is -0.445 e. The molecule has 1 aliphatic rings. The van der Waals surface area contributed by atoms with E-state index in [1.165, 1.54) is 0 Å². The van der Waals surface area contributed by atoms with E-state index in [4.69, 9.17) is 10.2 Å². The molecule has 0 aromatic carbocycles. The molecule has 2 aromatic heterocycles. The summed E-state index contributed by atoms with van der Waals surface area (Å²) in [5.41, 5.74) is 6.96. The Balaban J connectivity index is 1.70. The van der Waals surface area contributed by atoms with E-state index >= 15 is 0 Å². The third-order valence-electron chi connectivity index (χ3n) is 3.69. The second kappa shape index (κ2) is 6.27. The van der Waals surface area contributed by atoms with Gasteiger partial charge < -0.3 is 15.5 Å². The second-order valence-electron chi connectivity index (χ2n) is 5.63. The van der Waals surface area contributed by atoms with E-state index in [1.54, 1.807) is 13.1 Å². The molecule has 116 valence electrons. The molecule has 6 heteroatoms. The van der Waals surface area contributed by atoms with E-state index in [9.17, 15) is 4.79 Å². The number of aryl methyl sites for hydroxylation is 2. The maximum Gasteiger partial charge on any atom is 0.279 e. The lowest BCUT2D eigenvalue weighted by Gasteiger charge is -2.05. The zero-order chi connectivity index (χ0) is 15.5. The van der Waals surface area contributed by atoms with Gasteiger partial charge in [0.1, 0.15) is 11.6 Å². The molecule has 1 saturated carbocycles. The first-order valence-electron chi connectivity index (χ1n) is 7.61. The highest BCUT2D eigenvalue weighted by Crippen LogP contribution is 2.40. The van der Waals surface area contributed by atoms with Gasteiger partial charge in [-0.1, -0.05) is 0 Å². The Labute approximate surface area is 129 Å². The van der Waals surface area contributed by atoms with Crippen molar-refractivity contribution < 1.29 is 9.21 Å². The van der Waals surface area contributed by atoms with Gasteiger partial charge in [0.25, 0.3) is 5.91 Å². The Morgan fingerprint density at radius 2 is 2.32 bits per heavy atom. The quantitative estimate of drug-likeness (QED) is 0.854. The summed E-state index contributed by atoms with van der Waals surface area (Å²) < 4.78 is 5.57. The van der Waals surface area contributed by atoms with E-state index in [1.807, 2.05) is 12.1 Å². The maximum absolute atomic E-state index is 12.3. The summed E-state index contributed by atoms with van der Waals surface area (Å²) in [6.07, 6.45) is 5.64. The molecule has 1 fully saturated rings. The molecular weight excluding hydrogens is 280 g/mol. The van der Waals surface area contributed by atoms with Crippen LogP contribution in [-0.2, 0) is 6.42 Å². The normalized spacial score (nSPS) is 14.1. The summed E-state index contributed by atoms with van der Waals surface area (Å²) in [4.78, 5) is 20.8. The largest absolute Gasteiger partial charge is 0.445 e. The van der Waals surface area contributed by atoms with Crippen LogP contribution in [0.15, 0.2) is 22.7 Å². The van der Waals surface area contributed by atoms with E-state index in [0.717, 1.165) is 31.2 Å². The molecule has 0 saturated heterocycles. The average molecular weight is 300 g/mol. The van der Waals surface area contributed by atoms with Crippen molar-refractivity contribution in [3.8, 4) is 0 Å². The zero-order valence-electron chi connectivity index (χ0n) is 12.6. The van der Waals surface area contributed by atoms with Crippen LogP contribution < -0.4 is 11.1 Å². The van der Waals surface area contributed by atoms with Gasteiger partial charge in [0.15, 0.2) is 11.6 Å². The average Bonchev–Trinajstić information content (AvgIpc) is 3.28. The van der Waals surface area contributed by atoms with Gasteiger partial charge in [-0.25, -0.2) is 9.97 Å². The fourth-order valence-electron chi connectivity index (χ4n) is 2.31. The third kappa shape index (κ3) is 3.33. The smallest absolute Gasteiger partial charge is 0.279 e. The lowest BCUT2D eigenvalue weighted by molar-refractivity contribution is 0.102. The highest BCUT2D eigenvalue weighted by Gasteiger charge is 2.30. The third-order valence-corrected chi connectivity index (χ3v) is 3.69. The molecule has 3 rings (SSSR count). The van der Waals surface area contributed by atoms with E-state index in [2.05, 4.69) is 15.3 Å². The molecule has 0 bridgehead atoms. The van der Waals surface area contributed by atoms with E-state index < -0.39 is 0 Å². The summed E-state index contributed by atoms with van der Waals surface area (Å²) in [7, 11) is 0. The minimum atomic E-state index is -0.281. The van der Waals surface area contributed by atoms with Crippen molar-refractivity contribution in [3.63, 3.8) is 0 Å². The highest BCUT2D eigenvalue weighted by molar-refractivity contribution is 6.03. The fraction of sp³-hybridized carbons (Fsp3) is 0.438. The molecule has 1 aliphatic carbocycles. The van der Waals surface area contributed by atoms with Crippen LogP contribution in [0.5, 0.6) is 0 Å². The molecule has 0 radical (unpaired) electrons.